The Morgan fingerprint density at radius 3 is 2.29 bits per heavy atom. The zero-order valence-electron chi connectivity index (χ0n) is 20.1. The maximum absolute atomic E-state index is 13.6. The lowest BCUT2D eigenvalue weighted by molar-refractivity contribution is -0.143. The molecule has 3 rings (SSSR count). The predicted molar refractivity (Wildman–Crippen MR) is 143 cm³/mol. The predicted octanol–water partition coefficient (Wildman–Crippen LogP) is 6.04. The van der Waals surface area contributed by atoms with E-state index < -0.39 is 11.6 Å². The van der Waals surface area contributed by atoms with E-state index in [1.165, 1.54) is 0 Å². The Labute approximate surface area is 220 Å². The Hall–Kier alpha value is -2.83. The van der Waals surface area contributed by atoms with Crippen molar-refractivity contribution in [2.45, 2.75) is 45.3 Å². The molecule has 7 heteroatoms. The molecular formula is C28H30BrClN2O3. The van der Waals surface area contributed by atoms with Crippen molar-refractivity contribution in [1.82, 2.24) is 10.2 Å². The van der Waals surface area contributed by atoms with Crippen molar-refractivity contribution < 1.29 is 14.3 Å². The number of rotatable bonds is 9. The third-order valence-electron chi connectivity index (χ3n) is 5.19. The van der Waals surface area contributed by atoms with Gasteiger partial charge in [-0.05, 0) is 62.2 Å². The highest BCUT2D eigenvalue weighted by atomic mass is 79.9. The first-order valence-corrected chi connectivity index (χ1v) is 12.6. The van der Waals surface area contributed by atoms with E-state index in [2.05, 4.69) is 21.2 Å². The Bertz CT molecular complexity index is 1130. The molecule has 2 amide bonds. The van der Waals surface area contributed by atoms with Gasteiger partial charge in [0, 0.05) is 28.0 Å². The number of nitrogens with zero attached hydrogens (tertiary/aromatic N) is 1. The molecule has 0 fully saturated rings. The highest BCUT2D eigenvalue weighted by Crippen LogP contribution is 2.20. The van der Waals surface area contributed by atoms with Crippen molar-refractivity contribution in [1.29, 1.82) is 0 Å². The van der Waals surface area contributed by atoms with E-state index in [1.54, 1.807) is 29.2 Å². The Kier molecular flexibility index (Phi) is 9.35. The maximum Gasteiger partial charge on any atom is 0.261 e. The molecule has 0 aliphatic rings. The van der Waals surface area contributed by atoms with Gasteiger partial charge in [0.15, 0.2) is 6.61 Å². The van der Waals surface area contributed by atoms with Crippen molar-refractivity contribution in [2.75, 3.05) is 6.61 Å². The number of nitrogens with one attached hydrogen (secondary N) is 1. The van der Waals surface area contributed by atoms with Crippen LogP contribution in [-0.4, -0.2) is 34.9 Å². The molecule has 0 aliphatic carbocycles. The topological polar surface area (TPSA) is 58.6 Å². The van der Waals surface area contributed by atoms with Crippen LogP contribution in [0.5, 0.6) is 5.75 Å². The van der Waals surface area contributed by atoms with Crippen LogP contribution in [0.15, 0.2) is 83.3 Å². The monoisotopic (exact) mass is 556 g/mol. The first kappa shape index (κ1) is 26.8. The van der Waals surface area contributed by atoms with Crippen LogP contribution < -0.4 is 10.1 Å². The lowest BCUT2D eigenvalue weighted by atomic mass is 10.0. The van der Waals surface area contributed by atoms with Crippen LogP contribution in [0.1, 0.15) is 31.9 Å². The molecule has 35 heavy (non-hydrogen) atoms. The average molecular weight is 558 g/mol. The lowest BCUT2D eigenvalue weighted by Crippen LogP contribution is -2.55. The molecule has 0 saturated carbocycles. The summed E-state index contributed by atoms with van der Waals surface area (Å²) in [4.78, 5) is 28.7. The third-order valence-corrected chi connectivity index (χ3v) is 5.96. The summed E-state index contributed by atoms with van der Waals surface area (Å²) in [5.74, 6) is -0.0133. The standard InChI is InChI=1S/C28H30BrClN2O3/c1-28(2,3)31-27(34)25(16-20-8-5-4-6-9-20)32(18-21-12-14-22(29)15-13-21)26(33)19-35-24-11-7-10-23(30)17-24/h4-15,17,25H,16,18-19H2,1-3H3,(H,31,34)/t25-/m1/s1. The van der Waals surface area contributed by atoms with Crippen molar-refractivity contribution in [3.8, 4) is 5.75 Å². The number of halogens is 2. The fourth-order valence-corrected chi connectivity index (χ4v) is 4.02. The highest BCUT2D eigenvalue weighted by Gasteiger charge is 2.32. The summed E-state index contributed by atoms with van der Waals surface area (Å²) in [6, 6.07) is 23.6. The summed E-state index contributed by atoms with van der Waals surface area (Å²) in [6.07, 6.45) is 0.377. The summed E-state index contributed by atoms with van der Waals surface area (Å²) in [7, 11) is 0. The zero-order chi connectivity index (χ0) is 25.4. The van der Waals surface area contributed by atoms with Crippen molar-refractivity contribution >= 4 is 39.3 Å². The minimum Gasteiger partial charge on any atom is -0.484 e. The van der Waals surface area contributed by atoms with Gasteiger partial charge in [-0.25, -0.2) is 0 Å². The second-order valence-electron chi connectivity index (χ2n) is 9.34. The number of hydrogen-bond acceptors (Lipinski definition) is 3. The summed E-state index contributed by atoms with van der Waals surface area (Å²) in [6.45, 7) is 5.82. The van der Waals surface area contributed by atoms with E-state index in [4.69, 9.17) is 16.3 Å². The lowest BCUT2D eigenvalue weighted by Gasteiger charge is -2.33. The van der Waals surface area contributed by atoms with E-state index in [9.17, 15) is 9.59 Å². The molecular weight excluding hydrogens is 528 g/mol. The smallest absolute Gasteiger partial charge is 0.261 e. The van der Waals surface area contributed by atoms with Gasteiger partial charge in [0.05, 0.1) is 0 Å². The summed E-state index contributed by atoms with van der Waals surface area (Å²) >= 11 is 9.51. The van der Waals surface area contributed by atoms with Crippen LogP contribution in [0.2, 0.25) is 5.02 Å². The molecule has 0 radical (unpaired) electrons. The molecule has 0 heterocycles. The Morgan fingerprint density at radius 1 is 0.971 bits per heavy atom. The molecule has 3 aromatic carbocycles. The van der Waals surface area contributed by atoms with Gasteiger partial charge in [-0.3, -0.25) is 9.59 Å². The van der Waals surface area contributed by atoms with Crippen molar-refractivity contribution in [3.05, 3.63) is 99.5 Å². The fourth-order valence-electron chi connectivity index (χ4n) is 3.58. The average Bonchev–Trinajstić information content (AvgIpc) is 2.80. The molecule has 0 bridgehead atoms. The van der Waals surface area contributed by atoms with E-state index in [0.717, 1.165) is 15.6 Å². The highest BCUT2D eigenvalue weighted by molar-refractivity contribution is 9.10. The quantitative estimate of drug-likeness (QED) is 0.349. The second kappa shape index (κ2) is 12.2. The van der Waals surface area contributed by atoms with Crippen LogP contribution in [0.25, 0.3) is 0 Å². The van der Waals surface area contributed by atoms with Crippen molar-refractivity contribution in [3.63, 3.8) is 0 Å². The molecule has 0 spiro atoms. The van der Waals surface area contributed by atoms with E-state index in [0.29, 0.717) is 17.2 Å². The van der Waals surface area contributed by atoms with Gasteiger partial charge in [0.25, 0.3) is 5.91 Å². The van der Waals surface area contributed by atoms with E-state index in [-0.39, 0.29) is 25.0 Å². The minimum absolute atomic E-state index is 0.213. The van der Waals surface area contributed by atoms with Gasteiger partial charge in [-0.2, -0.15) is 0 Å². The minimum atomic E-state index is -0.726. The molecule has 3 aromatic rings. The molecule has 0 aromatic heterocycles. The molecule has 0 unspecified atom stereocenters. The SMILES string of the molecule is CC(C)(C)NC(=O)[C@@H](Cc1ccccc1)N(Cc1ccc(Br)cc1)C(=O)COc1cccc(Cl)c1. The number of amides is 2. The van der Waals surface area contributed by atoms with Crippen molar-refractivity contribution in [2.24, 2.45) is 0 Å². The summed E-state index contributed by atoms with van der Waals surface area (Å²) < 4.78 is 6.69. The Balaban J connectivity index is 1.92. The maximum atomic E-state index is 13.6. The van der Waals surface area contributed by atoms with Gasteiger partial charge < -0.3 is 15.0 Å². The summed E-state index contributed by atoms with van der Waals surface area (Å²) in [5, 5.41) is 3.57. The van der Waals surface area contributed by atoms with Gasteiger partial charge >= 0.3 is 0 Å². The third kappa shape index (κ3) is 8.71. The molecule has 184 valence electrons. The number of ether oxygens (including phenoxy) is 1. The molecule has 5 nitrogen and oxygen atoms in total. The fraction of sp³-hybridized carbons (Fsp3) is 0.286. The zero-order valence-corrected chi connectivity index (χ0v) is 22.5. The van der Waals surface area contributed by atoms with Gasteiger partial charge in [0.2, 0.25) is 5.91 Å². The second-order valence-corrected chi connectivity index (χ2v) is 10.7. The number of hydrogen-bond donors (Lipinski definition) is 1. The number of benzene rings is 3. The van der Waals surface area contributed by atoms with Gasteiger partial charge in [0.1, 0.15) is 11.8 Å². The first-order chi connectivity index (χ1) is 16.6. The molecule has 1 atom stereocenters. The van der Waals surface area contributed by atoms with Crippen LogP contribution >= 0.6 is 27.5 Å². The normalized spacial score (nSPS) is 12.0. The van der Waals surface area contributed by atoms with Crippen LogP contribution in [0.4, 0.5) is 0 Å². The molecule has 1 N–H and O–H groups in total. The molecule has 0 aliphatic heterocycles. The largest absolute Gasteiger partial charge is 0.484 e. The number of carbonyl (C=O) groups excluding carboxylic acids is 2. The summed E-state index contributed by atoms with van der Waals surface area (Å²) in [5.41, 5.74) is 1.42. The molecule has 0 saturated heterocycles. The first-order valence-electron chi connectivity index (χ1n) is 11.4. The van der Waals surface area contributed by atoms with Gasteiger partial charge in [-0.1, -0.05) is 76.1 Å². The number of carbonyl (C=O) groups is 2. The van der Waals surface area contributed by atoms with Gasteiger partial charge in [-0.15, -0.1) is 0 Å². The van der Waals surface area contributed by atoms with Crippen LogP contribution in [-0.2, 0) is 22.6 Å². The van der Waals surface area contributed by atoms with Crippen LogP contribution in [0.3, 0.4) is 0 Å². The van der Waals surface area contributed by atoms with E-state index >= 15 is 0 Å². The van der Waals surface area contributed by atoms with E-state index in [1.807, 2.05) is 75.4 Å². The Morgan fingerprint density at radius 2 is 1.66 bits per heavy atom. The van der Waals surface area contributed by atoms with Crippen LogP contribution in [0, 0.1) is 0 Å².